The average molecular weight is 252 g/mol. The van der Waals surface area contributed by atoms with Crippen LogP contribution in [0.2, 0.25) is 0 Å². The monoisotopic (exact) mass is 252 g/mol. The fourth-order valence-corrected chi connectivity index (χ4v) is 1.44. The Morgan fingerprint density at radius 1 is 1.35 bits per heavy atom. The second-order valence-electron chi connectivity index (χ2n) is 4.68. The summed E-state index contributed by atoms with van der Waals surface area (Å²) in [6.45, 7) is 14.8. The summed E-state index contributed by atoms with van der Waals surface area (Å²) in [4.78, 5) is 11.2. The molecule has 0 aliphatic heterocycles. The predicted octanol–water partition coefficient (Wildman–Crippen LogP) is 2.46. The number of carbonyl (C=O) groups excluding carboxylic acids is 1. The van der Waals surface area contributed by atoms with Crippen LogP contribution in [-0.4, -0.2) is 16.4 Å². The van der Waals surface area contributed by atoms with E-state index < -0.39 is 0 Å². The number of hydrogen-bond acceptors (Lipinski definition) is 2. The van der Waals surface area contributed by atoms with Crippen LogP contribution in [0.25, 0.3) is 0 Å². The topological polar surface area (TPSA) is 41.1 Å². The van der Waals surface area contributed by atoms with Crippen molar-refractivity contribution in [3.8, 4) is 0 Å². The number of Topliss-reactive ketones (excluding diaryl/α,β-unsaturated/α-hetero) is 1. The van der Waals surface area contributed by atoms with Crippen LogP contribution in [0.3, 0.4) is 0 Å². The molecule has 0 spiro atoms. The SMILES string of the molecule is C=C/C=C(/NC(=S)NC(C)(C)C)C(=C)C(C)=O. The first-order valence-corrected chi connectivity index (χ1v) is 5.70. The van der Waals surface area contributed by atoms with Crippen molar-refractivity contribution in [1.82, 2.24) is 10.6 Å². The summed E-state index contributed by atoms with van der Waals surface area (Å²) >= 11 is 5.15. The molecule has 0 saturated carbocycles. The summed E-state index contributed by atoms with van der Waals surface area (Å²) in [5.41, 5.74) is 0.804. The van der Waals surface area contributed by atoms with Gasteiger partial charge in [-0.2, -0.15) is 0 Å². The maximum atomic E-state index is 11.2. The van der Waals surface area contributed by atoms with Crippen molar-refractivity contribution in [3.63, 3.8) is 0 Å². The first-order chi connectivity index (χ1) is 7.67. The number of ketones is 1. The van der Waals surface area contributed by atoms with Crippen molar-refractivity contribution < 1.29 is 4.79 Å². The van der Waals surface area contributed by atoms with E-state index in [0.29, 0.717) is 16.4 Å². The van der Waals surface area contributed by atoms with Crippen LogP contribution in [0.15, 0.2) is 36.6 Å². The number of hydrogen-bond donors (Lipinski definition) is 2. The van der Waals surface area contributed by atoms with E-state index >= 15 is 0 Å². The van der Waals surface area contributed by atoms with E-state index in [1.807, 2.05) is 20.8 Å². The summed E-state index contributed by atoms with van der Waals surface area (Å²) in [5, 5.41) is 6.49. The zero-order chi connectivity index (χ0) is 13.6. The number of rotatable bonds is 4. The van der Waals surface area contributed by atoms with Crippen LogP contribution in [0.4, 0.5) is 0 Å². The lowest BCUT2D eigenvalue weighted by Crippen LogP contribution is -2.46. The van der Waals surface area contributed by atoms with Gasteiger partial charge in [-0.1, -0.05) is 19.2 Å². The van der Waals surface area contributed by atoms with Gasteiger partial charge >= 0.3 is 0 Å². The summed E-state index contributed by atoms with van der Waals surface area (Å²) in [6.07, 6.45) is 3.25. The van der Waals surface area contributed by atoms with Crippen LogP contribution in [-0.2, 0) is 4.79 Å². The fourth-order valence-electron chi connectivity index (χ4n) is 1.02. The average Bonchev–Trinajstić information content (AvgIpc) is 2.12. The predicted molar refractivity (Wildman–Crippen MR) is 76.7 cm³/mol. The minimum absolute atomic E-state index is 0.107. The first-order valence-electron chi connectivity index (χ1n) is 5.29. The highest BCUT2D eigenvalue weighted by Gasteiger charge is 2.13. The van der Waals surface area contributed by atoms with Crippen LogP contribution >= 0.6 is 12.2 Å². The lowest BCUT2D eigenvalue weighted by atomic mass is 10.1. The maximum absolute atomic E-state index is 11.2. The molecule has 17 heavy (non-hydrogen) atoms. The van der Waals surface area contributed by atoms with E-state index in [4.69, 9.17) is 12.2 Å². The Kier molecular flexibility index (Phi) is 5.82. The van der Waals surface area contributed by atoms with Gasteiger partial charge < -0.3 is 10.6 Å². The number of thiocarbonyl (C=S) groups is 1. The van der Waals surface area contributed by atoms with Gasteiger partial charge in [-0.15, -0.1) is 0 Å². The van der Waals surface area contributed by atoms with E-state index in [2.05, 4.69) is 23.8 Å². The van der Waals surface area contributed by atoms with Crippen molar-refractivity contribution in [2.45, 2.75) is 33.2 Å². The Morgan fingerprint density at radius 2 is 1.88 bits per heavy atom. The van der Waals surface area contributed by atoms with Crippen molar-refractivity contribution >= 4 is 23.1 Å². The molecule has 94 valence electrons. The van der Waals surface area contributed by atoms with Crippen molar-refractivity contribution in [2.24, 2.45) is 0 Å². The smallest absolute Gasteiger partial charge is 0.171 e. The van der Waals surface area contributed by atoms with Gasteiger partial charge in [0, 0.05) is 11.1 Å². The van der Waals surface area contributed by atoms with E-state index in [0.717, 1.165) is 0 Å². The second-order valence-corrected chi connectivity index (χ2v) is 5.09. The normalized spacial score (nSPS) is 11.6. The van der Waals surface area contributed by atoms with Crippen LogP contribution < -0.4 is 10.6 Å². The molecule has 0 aliphatic rings. The molecule has 0 atom stereocenters. The number of nitrogens with one attached hydrogen (secondary N) is 2. The molecular formula is C13H20N2OS. The highest BCUT2D eigenvalue weighted by molar-refractivity contribution is 7.80. The summed E-state index contributed by atoms with van der Waals surface area (Å²) in [6, 6.07) is 0. The third kappa shape index (κ3) is 6.68. The number of allylic oxidation sites excluding steroid dienone is 3. The molecule has 0 aromatic heterocycles. The molecular weight excluding hydrogens is 232 g/mol. The quantitative estimate of drug-likeness (QED) is 0.458. The molecule has 0 bridgehead atoms. The minimum Gasteiger partial charge on any atom is -0.358 e. The highest BCUT2D eigenvalue weighted by Crippen LogP contribution is 2.06. The van der Waals surface area contributed by atoms with E-state index in [1.54, 1.807) is 12.2 Å². The van der Waals surface area contributed by atoms with Crippen molar-refractivity contribution in [2.75, 3.05) is 0 Å². The molecule has 0 radical (unpaired) electrons. The molecule has 0 heterocycles. The Labute approximate surface area is 109 Å². The first kappa shape index (κ1) is 15.6. The number of carbonyl (C=O) groups is 1. The second kappa shape index (κ2) is 6.35. The van der Waals surface area contributed by atoms with Gasteiger partial charge in [-0.3, -0.25) is 4.79 Å². The molecule has 0 saturated heterocycles. The summed E-state index contributed by atoms with van der Waals surface area (Å²) < 4.78 is 0. The van der Waals surface area contributed by atoms with Crippen LogP contribution in [0.1, 0.15) is 27.7 Å². The zero-order valence-corrected chi connectivity index (χ0v) is 11.7. The Morgan fingerprint density at radius 3 is 2.24 bits per heavy atom. The maximum Gasteiger partial charge on any atom is 0.171 e. The standard InChI is InChI=1S/C13H20N2OS/c1-7-8-11(9(2)10(3)16)14-12(17)15-13(4,5)6/h7-8H,1-2H2,3-6H3,(H2,14,15,17)/b11-8+. The molecule has 3 nitrogen and oxygen atoms in total. The largest absolute Gasteiger partial charge is 0.358 e. The molecule has 0 rings (SSSR count). The van der Waals surface area contributed by atoms with Crippen molar-refractivity contribution in [1.29, 1.82) is 0 Å². The summed E-state index contributed by atoms with van der Waals surface area (Å²) in [7, 11) is 0. The highest BCUT2D eigenvalue weighted by atomic mass is 32.1. The third-order valence-electron chi connectivity index (χ3n) is 1.77. The molecule has 0 aromatic rings. The van der Waals surface area contributed by atoms with Gasteiger partial charge in [-0.25, -0.2) is 0 Å². The third-order valence-corrected chi connectivity index (χ3v) is 1.98. The fraction of sp³-hybridized carbons (Fsp3) is 0.385. The van der Waals surface area contributed by atoms with Gasteiger partial charge in [0.2, 0.25) is 0 Å². The summed E-state index contributed by atoms with van der Waals surface area (Å²) in [5.74, 6) is -0.107. The molecule has 0 aliphatic carbocycles. The molecule has 0 amide bonds. The Hall–Kier alpha value is -1.42. The Bertz CT molecular complexity index is 375. The van der Waals surface area contributed by atoms with E-state index in [-0.39, 0.29) is 11.3 Å². The van der Waals surface area contributed by atoms with Gasteiger partial charge in [0.1, 0.15) is 0 Å². The minimum atomic E-state index is -0.138. The molecule has 0 aromatic carbocycles. The molecule has 0 unspecified atom stereocenters. The lowest BCUT2D eigenvalue weighted by Gasteiger charge is -2.24. The molecule has 4 heteroatoms. The van der Waals surface area contributed by atoms with E-state index in [9.17, 15) is 4.79 Å². The van der Waals surface area contributed by atoms with Gasteiger partial charge in [0.15, 0.2) is 10.9 Å². The van der Waals surface area contributed by atoms with Gasteiger partial charge in [0.05, 0.1) is 5.70 Å². The van der Waals surface area contributed by atoms with Crippen LogP contribution in [0, 0.1) is 0 Å². The van der Waals surface area contributed by atoms with E-state index in [1.165, 1.54) is 6.92 Å². The van der Waals surface area contributed by atoms with Gasteiger partial charge in [-0.05, 0) is 46.0 Å². The zero-order valence-electron chi connectivity index (χ0n) is 10.9. The molecule has 2 N–H and O–H groups in total. The van der Waals surface area contributed by atoms with Crippen molar-refractivity contribution in [3.05, 3.63) is 36.6 Å². The lowest BCUT2D eigenvalue weighted by molar-refractivity contribution is -0.113. The van der Waals surface area contributed by atoms with Gasteiger partial charge in [0.25, 0.3) is 0 Å². The van der Waals surface area contributed by atoms with Crippen LogP contribution in [0.5, 0.6) is 0 Å². The molecule has 0 fully saturated rings. The Balaban J connectivity index is 4.75.